The Hall–Kier alpha value is -1.33. The van der Waals surface area contributed by atoms with Crippen LogP contribution in [0.3, 0.4) is 0 Å². The van der Waals surface area contributed by atoms with E-state index in [4.69, 9.17) is 4.74 Å². The summed E-state index contributed by atoms with van der Waals surface area (Å²) in [5, 5.41) is 7.56. The number of halogens is 1. The summed E-state index contributed by atoms with van der Waals surface area (Å²) in [6.07, 6.45) is 4.75. The molecule has 0 amide bonds. The topological polar surface area (TPSA) is 39.1 Å². The fourth-order valence-electron chi connectivity index (χ4n) is 1.97. The summed E-state index contributed by atoms with van der Waals surface area (Å²) in [5.74, 6) is 0.882. The first-order valence-corrected chi connectivity index (χ1v) is 7.96. The van der Waals surface area contributed by atoms with Crippen LogP contribution in [0.25, 0.3) is 0 Å². The number of aryl methyl sites for hydroxylation is 1. The molecule has 1 aromatic carbocycles. The fourth-order valence-corrected chi connectivity index (χ4v) is 2.51. The molecule has 0 aliphatic carbocycles. The second-order valence-corrected chi connectivity index (χ2v) is 6.28. The molecule has 21 heavy (non-hydrogen) atoms. The average molecular weight is 352 g/mol. The number of hydrogen-bond acceptors (Lipinski definition) is 3. The lowest BCUT2D eigenvalue weighted by molar-refractivity contribution is 0.320. The molecular formula is C16H22BrN3O. The largest absolute Gasteiger partial charge is 0.492 e. The molecule has 0 saturated heterocycles. The monoisotopic (exact) mass is 351 g/mol. The quantitative estimate of drug-likeness (QED) is 0.831. The molecule has 0 bridgehead atoms. The van der Waals surface area contributed by atoms with Crippen LogP contribution in [0.4, 0.5) is 0 Å². The Morgan fingerprint density at radius 2 is 2.14 bits per heavy atom. The third kappa shape index (κ3) is 5.17. The van der Waals surface area contributed by atoms with Crippen LogP contribution in [0.5, 0.6) is 5.75 Å². The zero-order chi connectivity index (χ0) is 15.2. The van der Waals surface area contributed by atoms with E-state index in [-0.39, 0.29) is 0 Å². The van der Waals surface area contributed by atoms with Crippen molar-refractivity contribution in [3.05, 3.63) is 46.2 Å². The summed E-state index contributed by atoms with van der Waals surface area (Å²) in [5.41, 5.74) is 2.43. The third-order valence-electron chi connectivity index (χ3n) is 3.12. The number of nitrogens with zero attached hydrogens (tertiary/aromatic N) is 2. The number of benzene rings is 1. The van der Waals surface area contributed by atoms with Crippen molar-refractivity contribution in [2.75, 3.05) is 6.61 Å². The van der Waals surface area contributed by atoms with Crippen LogP contribution in [0.1, 0.15) is 25.0 Å². The minimum atomic E-state index is 0.485. The second-order valence-electron chi connectivity index (χ2n) is 5.42. The number of hydrogen-bond donors (Lipinski definition) is 1. The maximum Gasteiger partial charge on any atom is 0.133 e. The first kappa shape index (κ1) is 16.0. The minimum Gasteiger partial charge on any atom is -0.492 e. The second kappa shape index (κ2) is 7.61. The molecule has 0 unspecified atom stereocenters. The molecular weight excluding hydrogens is 330 g/mol. The highest BCUT2D eigenvalue weighted by Gasteiger charge is 2.04. The lowest BCUT2D eigenvalue weighted by atomic mass is 10.2. The molecule has 2 rings (SSSR count). The van der Waals surface area contributed by atoms with E-state index in [9.17, 15) is 0 Å². The summed E-state index contributed by atoms with van der Waals surface area (Å²) in [4.78, 5) is 0. The number of nitrogens with one attached hydrogen (secondary N) is 1. The van der Waals surface area contributed by atoms with E-state index < -0.39 is 0 Å². The van der Waals surface area contributed by atoms with Gasteiger partial charge in [0.15, 0.2) is 0 Å². The van der Waals surface area contributed by atoms with Crippen molar-refractivity contribution in [2.24, 2.45) is 7.05 Å². The first-order chi connectivity index (χ1) is 10.0. The molecule has 2 aromatic rings. The van der Waals surface area contributed by atoms with Crippen LogP contribution >= 0.6 is 15.9 Å². The number of rotatable bonds is 7. The Bertz CT molecular complexity index is 581. The summed E-state index contributed by atoms with van der Waals surface area (Å²) in [7, 11) is 1.92. The zero-order valence-corrected chi connectivity index (χ0v) is 14.4. The van der Waals surface area contributed by atoms with Gasteiger partial charge in [0.1, 0.15) is 5.75 Å². The van der Waals surface area contributed by atoms with Gasteiger partial charge in [-0.15, -0.1) is 0 Å². The highest BCUT2D eigenvalue weighted by Crippen LogP contribution is 2.26. The molecule has 0 saturated carbocycles. The van der Waals surface area contributed by atoms with Crippen molar-refractivity contribution in [2.45, 2.75) is 32.9 Å². The molecule has 0 spiro atoms. The van der Waals surface area contributed by atoms with Crippen LogP contribution in [0, 0.1) is 0 Å². The van der Waals surface area contributed by atoms with Crippen molar-refractivity contribution < 1.29 is 4.74 Å². The van der Waals surface area contributed by atoms with Gasteiger partial charge in [0.05, 0.1) is 17.3 Å². The SMILES string of the molecule is CC(C)NCc1ccc(OCCc2cnn(C)c2)c(Br)c1. The highest BCUT2D eigenvalue weighted by molar-refractivity contribution is 9.10. The first-order valence-electron chi connectivity index (χ1n) is 7.16. The predicted octanol–water partition coefficient (Wildman–Crippen LogP) is 3.30. The zero-order valence-electron chi connectivity index (χ0n) is 12.8. The van der Waals surface area contributed by atoms with Gasteiger partial charge in [0, 0.05) is 32.3 Å². The molecule has 0 aliphatic heterocycles. The van der Waals surface area contributed by atoms with Gasteiger partial charge in [-0.2, -0.15) is 5.10 Å². The smallest absolute Gasteiger partial charge is 0.133 e. The lowest BCUT2D eigenvalue weighted by Crippen LogP contribution is -2.21. The molecule has 5 heteroatoms. The predicted molar refractivity (Wildman–Crippen MR) is 88.5 cm³/mol. The van der Waals surface area contributed by atoms with Gasteiger partial charge in [-0.25, -0.2) is 0 Å². The van der Waals surface area contributed by atoms with Crippen LogP contribution in [0.15, 0.2) is 35.1 Å². The van der Waals surface area contributed by atoms with Gasteiger partial charge in [-0.3, -0.25) is 4.68 Å². The normalized spacial score (nSPS) is 11.1. The van der Waals surface area contributed by atoms with E-state index in [0.717, 1.165) is 23.2 Å². The van der Waals surface area contributed by atoms with Gasteiger partial charge in [-0.1, -0.05) is 19.9 Å². The van der Waals surface area contributed by atoms with E-state index in [0.29, 0.717) is 12.6 Å². The third-order valence-corrected chi connectivity index (χ3v) is 3.74. The van der Waals surface area contributed by atoms with Crippen LogP contribution < -0.4 is 10.1 Å². The summed E-state index contributed by atoms with van der Waals surface area (Å²) >= 11 is 3.58. The summed E-state index contributed by atoms with van der Waals surface area (Å²) < 4.78 is 8.63. The van der Waals surface area contributed by atoms with Crippen molar-refractivity contribution in [1.29, 1.82) is 0 Å². The molecule has 0 aliphatic rings. The Kier molecular flexibility index (Phi) is 5.82. The molecule has 0 radical (unpaired) electrons. The van der Waals surface area contributed by atoms with Crippen molar-refractivity contribution in [1.82, 2.24) is 15.1 Å². The average Bonchev–Trinajstić information content (AvgIpc) is 2.84. The van der Waals surface area contributed by atoms with E-state index in [1.165, 1.54) is 11.1 Å². The van der Waals surface area contributed by atoms with Crippen molar-refractivity contribution in [3.63, 3.8) is 0 Å². The standard InChI is InChI=1S/C16H22BrN3O/c1-12(2)18-9-13-4-5-16(15(17)8-13)21-7-6-14-10-19-20(3)11-14/h4-5,8,10-12,18H,6-7,9H2,1-3H3. The molecule has 1 N–H and O–H groups in total. The van der Waals surface area contributed by atoms with E-state index in [2.05, 4.69) is 52.3 Å². The Morgan fingerprint density at radius 1 is 1.33 bits per heavy atom. The fraction of sp³-hybridized carbons (Fsp3) is 0.438. The van der Waals surface area contributed by atoms with E-state index in [1.54, 1.807) is 0 Å². The molecule has 4 nitrogen and oxygen atoms in total. The lowest BCUT2D eigenvalue weighted by Gasteiger charge is -2.11. The Labute approximate surface area is 134 Å². The minimum absolute atomic E-state index is 0.485. The molecule has 0 fully saturated rings. The van der Waals surface area contributed by atoms with E-state index in [1.807, 2.05) is 30.2 Å². The summed E-state index contributed by atoms with van der Waals surface area (Å²) in [6.45, 7) is 5.80. The van der Waals surface area contributed by atoms with Crippen molar-refractivity contribution in [3.8, 4) is 5.75 Å². The molecule has 1 heterocycles. The van der Waals surface area contributed by atoms with Crippen LogP contribution in [-0.2, 0) is 20.0 Å². The molecule has 114 valence electrons. The maximum atomic E-state index is 5.83. The molecule has 0 atom stereocenters. The highest BCUT2D eigenvalue weighted by atomic mass is 79.9. The van der Waals surface area contributed by atoms with E-state index >= 15 is 0 Å². The van der Waals surface area contributed by atoms with Gasteiger partial charge in [0.25, 0.3) is 0 Å². The maximum absolute atomic E-state index is 5.83. The van der Waals surface area contributed by atoms with Gasteiger partial charge in [-0.05, 0) is 39.2 Å². The Balaban J connectivity index is 1.85. The Morgan fingerprint density at radius 3 is 2.76 bits per heavy atom. The summed E-state index contributed by atoms with van der Waals surface area (Å²) in [6, 6.07) is 6.71. The van der Waals surface area contributed by atoms with Crippen molar-refractivity contribution >= 4 is 15.9 Å². The van der Waals surface area contributed by atoms with Crippen LogP contribution in [-0.4, -0.2) is 22.4 Å². The van der Waals surface area contributed by atoms with Crippen LogP contribution in [0.2, 0.25) is 0 Å². The molecule has 1 aromatic heterocycles. The van der Waals surface area contributed by atoms with Gasteiger partial charge < -0.3 is 10.1 Å². The van der Waals surface area contributed by atoms with Gasteiger partial charge >= 0.3 is 0 Å². The van der Waals surface area contributed by atoms with Gasteiger partial charge in [0.2, 0.25) is 0 Å². The number of ether oxygens (including phenoxy) is 1. The number of aromatic nitrogens is 2.